The Kier molecular flexibility index (Phi) is 4.57. The number of ether oxygens (including phenoxy) is 1. The van der Waals surface area contributed by atoms with E-state index in [-0.39, 0.29) is 11.9 Å². The minimum atomic E-state index is -0.341. The summed E-state index contributed by atoms with van der Waals surface area (Å²) in [6.07, 6.45) is 3.48. The Labute approximate surface area is 117 Å². The Morgan fingerprint density at radius 2 is 2.30 bits per heavy atom. The van der Waals surface area contributed by atoms with Crippen LogP contribution in [-0.4, -0.2) is 23.2 Å². The number of rotatable bonds is 6. The second kappa shape index (κ2) is 6.38. The second-order valence-electron chi connectivity index (χ2n) is 4.38. The molecule has 0 spiro atoms. The Hall–Kier alpha value is -2.08. The number of methoxy groups -OCH3 is 1. The van der Waals surface area contributed by atoms with Gasteiger partial charge in [0.25, 0.3) is 0 Å². The van der Waals surface area contributed by atoms with Crippen molar-refractivity contribution in [3.8, 4) is 5.75 Å². The maximum absolute atomic E-state index is 13.8. The quantitative estimate of drug-likeness (QED) is 0.850. The van der Waals surface area contributed by atoms with Crippen LogP contribution in [0.4, 0.5) is 10.1 Å². The van der Waals surface area contributed by atoms with Crippen molar-refractivity contribution in [2.45, 2.75) is 19.5 Å². The highest BCUT2D eigenvalue weighted by Crippen LogP contribution is 2.25. The number of benzene rings is 1. The van der Waals surface area contributed by atoms with Crippen LogP contribution in [0.1, 0.15) is 18.7 Å². The van der Waals surface area contributed by atoms with Gasteiger partial charge in [0.15, 0.2) is 0 Å². The van der Waals surface area contributed by atoms with Crippen LogP contribution in [0.5, 0.6) is 5.75 Å². The predicted octanol–water partition coefficient (Wildman–Crippen LogP) is 2.16. The zero-order chi connectivity index (χ0) is 14.5. The first kappa shape index (κ1) is 14.3. The summed E-state index contributed by atoms with van der Waals surface area (Å²) >= 11 is 0. The Morgan fingerprint density at radius 1 is 1.50 bits per heavy atom. The number of nitrogens with one attached hydrogen (secondary N) is 1. The molecule has 1 heterocycles. The molecule has 1 unspecified atom stereocenters. The van der Waals surface area contributed by atoms with Crippen LogP contribution in [0.15, 0.2) is 30.7 Å². The third-order valence-corrected chi connectivity index (χ3v) is 3.18. The summed E-state index contributed by atoms with van der Waals surface area (Å²) in [7, 11) is 1.55. The van der Waals surface area contributed by atoms with Crippen molar-refractivity contribution in [2.75, 3.05) is 19.0 Å². The summed E-state index contributed by atoms with van der Waals surface area (Å²) in [5.41, 5.74) is 7.09. The number of nitrogens with two attached hydrogens (primary N) is 1. The second-order valence-corrected chi connectivity index (χ2v) is 4.38. The molecule has 3 N–H and O–H groups in total. The van der Waals surface area contributed by atoms with Gasteiger partial charge in [0, 0.05) is 19.2 Å². The third-order valence-electron chi connectivity index (χ3n) is 3.18. The predicted molar refractivity (Wildman–Crippen MR) is 76.3 cm³/mol. The highest BCUT2D eigenvalue weighted by molar-refractivity contribution is 5.51. The van der Waals surface area contributed by atoms with Crippen LogP contribution in [0.3, 0.4) is 0 Å². The van der Waals surface area contributed by atoms with Crippen molar-refractivity contribution in [3.63, 3.8) is 0 Å². The van der Waals surface area contributed by atoms with Gasteiger partial charge in [-0.05, 0) is 19.1 Å². The number of hydrogen-bond donors (Lipinski definition) is 2. The van der Waals surface area contributed by atoms with E-state index in [9.17, 15) is 4.39 Å². The van der Waals surface area contributed by atoms with Crippen molar-refractivity contribution in [3.05, 3.63) is 42.2 Å². The van der Waals surface area contributed by atoms with Crippen molar-refractivity contribution in [1.29, 1.82) is 0 Å². The van der Waals surface area contributed by atoms with E-state index in [1.165, 1.54) is 6.07 Å². The lowest BCUT2D eigenvalue weighted by atomic mass is 10.2. The van der Waals surface area contributed by atoms with Crippen molar-refractivity contribution in [2.24, 2.45) is 5.73 Å². The lowest BCUT2D eigenvalue weighted by molar-refractivity contribution is 0.414. The Bertz CT molecular complexity index is 570. The summed E-state index contributed by atoms with van der Waals surface area (Å²) < 4.78 is 20.9. The van der Waals surface area contributed by atoms with E-state index in [4.69, 9.17) is 10.5 Å². The van der Waals surface area contributed by atoms with Crippen molar-refractivity contribution < 1.29 is 9.13 Å². The standard InChI is InChI=1S/C14H19FN4O/c1-3-19-9-17-8-14(19)13(7-16)18-12-6-10(20-2)4-5-11(12)15/h4-6,8-9,13,18H,3,7,16H2,1-2H3. The van der Waals surface area contributed by atoms with Gasteiger partial charge in [-0.25, -0.2) is 9.37 Å². The first-order chi connectivity index (χ1) is 9.69. The van der Waals surface area contributed by atoms with Crippen molar-refractivity contribution >= 4 is 5.69 Å². The van der Waals surface area contributed by atoms with Gasteiger partial charge in [-0.15, -0.1) is 0 Å². The van der Waals surface area contributed by atoms with E-state index in [0.29, 0.717) is 18.0 Å². The zero-order valence-electron chi connectivity index (χ0n) is 11.6. The molecule has 5 nitrogen and oxygen atoms in total. The van der Waals surface area contributed by atoms with Gasteiger partial charge in [0.2, 0.25) is 0 Å². The normalized spacial score (nSPS) is 12.2. The van der Waals surface area contributed by atoms with Crippen LogP contribution < -0.4 is 15.8 Å². The number of nitrogens with zero attached hydrogens (tertiary/aromatic N) is 2. The average molecular weight is 278 g/mol. The molecule has 6 heteroatoms. The minimum Gasteiger partial charge on any atom is -0.497 e. The molecule has 0 saturated carbocycles. The molecule has 0 fully saturated rings. The minimum absolute atomic E-state index is 0.209. The van der Waals surface area contributed by atoms with E-state index in [0.717, 1.165) is 12.2 Å². The van der Waals surface area contributed by atoms with E-state index in [2.05, 4.69) is 10.3 Å². The zero-order valence-corrected chi connectivity index (χ0v) is 11.6. The molecule has 1 aromatic carbocycles. The lowest BCUT2D eigenvalue weighted by Crippen LogP contribution is -2.23. The SMILES string of the molecule is CCn1cncc1C(CN)Nc1cc(OC)ccc1F. The van der Waals surface area contributed by atoms with Gasteiger partial charge in [0.05, 0.1) is 37.1 Å². The van der Waals surface area contributed by atoms with Gasteiger partial charge < -0.3 is 20.4 Å². The van der Waals surface area contributed by atoms with Crippen LogP contribution >= 0.6 is 0 Å². The van der Waals surface area contributed by atoms with Crippen LogP contribution in [0, 0.1) is 5.82 Å². The number of halogens is 1. The molecule has 0 saturated heterocycles. The van der Waals surface area contributed by atoms with Crippen LogP contribution in [0.2, 0.25) is 0 Å². The van der Waals surface area contributed by atoms with Crippen molar-refractivity contribution in [1.82, 2.24) is 9.55 Å². The fourth-order valence-electron chi connectivity index (χ4n) is 2.07. The molecule has 0 radical (unpaired) electrons. The Morgan fingerprint density at radius 3 is 2.95 bits per heavy atom. The summed E-state index contributed by atoms with van der Waals surface area (Å²) in [6.45, 7) is 3.14. The molecular formula is C14H19FN4O. The number of anilines is 1. The van der Waals surface area contributed by atoms with E-state index >= 15 is 0 Å². The summed E-state index contributed by atoms with van der Waals surface area (Å²) in [5, 5.41) is 3.11. The molecule has 2 rings (SSSR count). The Balaban J connectivity index is 2.26. The number of aromatic nitrogens is 2. The largest absolute Gasteiger partial charge is 0.497 e. The molecule has 108 valence electrons. The van der Waals surface area contributed by atoms with Gasteiger partial charge in [-0.2, -0.15) is 0 Å². The third kappa shape index (κ3) is 2.91. The van der Waals surface area contributed by atoms with Gasteiger partial charge >= 0.3 is 0 Å². The maximum atomic E-state index is 13.8. The molecule has 0 amide bonds. The first-order valence-corrected chi connectivity index (χ1v) is 6.49. The summed E-state index contributed by atoms with van der Waals surface area (Å²) in [5.74, 6) is 0.250. The lowest BCUT2D eigenvalue weighted by Gasteiger charge is -2.20. The molecule has 0 aliphatic carbocycles. The van der Waals surface area contributed by atoms with Gasteiger partial charge in [-0.3, -0.25) is 0 Å². The topological polar surface area (TPSA) is 65.1 Å². The summed E-state index contributed by atoms with van der Waals surface area (Å²) in [4.78, 5) is 4.11. The van der Waals surface area contributed by atoms with E-state index in [1.807, 2.05) is 11.5 Å². The van der Waals surface area contributed by atoms with Crippen LogP contribution in [0.25, 0.3) is 0 Å². The molecule has 1 aromatic heterocycles. The molecule has 0 aliphatic rings. The number of hydrogen-bond acceptors (Lipinski definition) is 4. The summed E-state index contributed by atoms with van der Waals surface area (Å²) in [6, 6.07) is 4.35. The first-order valence-electron chi connectivity index (χ1n) is 6.49. The van der Waals surface area contributed by atoms with E-state index < -0.39 is 0 Å². The molecule has 0 aliphatic heterocycles. The fraction of sp³-hybridized carbons (Fsp3) is 0.357. The average Bonchev–Trinajstić information content (AvgIpc) is 2.94. The molecular weight excluding hydrogens is 259 g/mol. The number of imidazole rings is 1. The maximum Gasteiger partial charge on any atom is 0.146 e. The monoisotopic (exact) mass is 278 g/mol. The fourth-order valence-corrected chi connectivity index (χ4v) is 2.07. The molecule has 2 aromatic rings. The highest BCUT2D eigenvalue weighted by atomic mass is 19.1. The number of aryl methyl sites for hydroxylation is 1. The van der Waals surface area contributed by atoms with E-state index in [1.54, 1.807) is 31.8 Å². The smallest absolute Gasteiger partial charge is 0.146 e. The molecule has 1 atom stereocenters. The highest BCUT2D eigenvalue weighted by Gasteiger charge is 2.16. The molecule has 20 heavy (non-hydrogen) atoms. The van der Waals surface area contributed by atoms with Crippen LogP contribution in [-0.2, 0) is 6.54 Å². The molecule has 0 bridgehead atoms. The van der Waals surface area contributed by atoms with Gasteiger partial charge in [0.1, 0.15) is 11.6 Å². The van der Waals surface area contributed by atoms with Gasteiger partial charge in [-0.1, -0.05) is 0 Å².